The summed E-state index contributed by atoms with van der Waals surface area (Å²) in [7, 11) is 1.44. The molecular formula is C18H16N2O5S2. The van der Waals surface area contributed by atoms with Crippen molar-refractivity contribution < 1.29 is 18.9 Å². The van der Waals surface area contributed by atoms with E-state index in [2.05, 4.69) is 0 Å². The topological polar surface area (TPSA) is 85.8 Å². The number of thioether (sulfide) groups is 1. The van der Waals surface area contributed by atoms with Crippen LogP contribution in [0.5, 0.6) is 5.75 Å². The summed E-state index contributed by atoms with van der Waals surface area (Å²) < 4.78 is 11.6. The predicted octanol–water partition coefficient (Wildman–Crippen LogP) is 4.47. The van der Waals surface area contributed by atoms with Gasteiger partial charge in [0.15, 0.2) is 0 Å². The van der Waals surface area contributed by atoms with Gasteiger partial charge in [-0.25, -0.2) is 0 Å². The van der Waals surface area contributed by atoms with Crippen LogP contribution in [0.2, 0.25) is 0 Å². The Hall–Kier alpha value is -2.65. The minimum absolute atomic E-state index is 0.0676. The Morgan fingerprint density at radius 1 is 1.37 bits per heavy atom. The van der Waals surface area contributed by atoms with Crippen LogP contribution in [0.4, 0.5) is 5.69 Å². The molecule has 0 atom stereocenters. The van der Waals surface area contributed by atoms with Crippen LogP contribution in [-0.2, 0) is 4.79 Å². The minimum Gasteiger partial charge on any atom is -0.496 e. The van der Waals surface area contributed by atoms with Crippen molar-refractivity contribution in [3.05, 3.63) is 51.1 Å². The molecule has 9 heteroatoms. The van der Waals surface area contributed by atoms with Gasteiger partial charge in [-0.3, -0.25) is 19.8 Å². The normalized spacial score (nSPS) is 15.6. The molecular weight excluding hydrogens is 388 g/mol. The number of rotatable bonds is 6. The molecule has 1 saturated heterocycles. The maximum Gasteiger partial charge on any atom is 0.273 e. The van der Waals surface area contributed by atoms with Crippen LogP contribution in [0.1, 0.15) is 19.1 Å². The van der Waals surface area contributed by atoms with E-state index in [0.29, 0.717) is 38.6 Å². The molecule has 0 radical (unpaired) electrons. The van der Waals surface area contributed by atoms with Crippen molar-refractivity contribution in [2.24, 2.45) is 0 Å². The Bertz CT molecular complexity index is 951. The molecule has 2 heterocycles. The number of amides is 1. The van der Waals surface area contributed by atoms with Crippen molar-refractivity contribution in [1.29, 1.82) is 0 Å². The molecule has 0 bridgehead atoms. The third-order valence-electron chi connectivity index (χ3n) is 3.88. The van der Waals surface area contributed by atoms with Crippen molar-refractivity contribution in [3.63, 3.8) is 0 Å². The number of nitro benzene ring substituents is 1. The summed E-state index contributed by atoms with van der Waals surface area (Å²) in [5.41, 5.74) is 0.517. The molecule has 140 valence electrons. The standard InChI is InChI=1S/C18H16N2O5S2/c1-3-8-19-17(21)16(27-18(19)26)10-12-5-7-14(25-12)13-6-4-11(20(22)23)9-15(13)24-2/h4-7,9-10H,3,8H2,1-2H3/b16-10-. The van der Waals surface area contributed by atoms with Crippen LogP contribution in [0.25, 0.3) is 17.4 Å². The first-order chi connectivity index (χ1) is 12.9. The molecule has 0 N–H and O–H groups in total. The molecule has 3 rings (SSSR count). The van der Waals surface area contributed by atoms with Gasteiger partial charge in [0, 0.05) is 18.7 Å². The van der Waals surface area contributed by atoms with Crippen LogP contribution in [0.15, 0.2) is 39.7 Å². The molecule has 1 aromatic carbocycles. The van der Waals surface area contributed by atoms with Crippen molar-refractivity contribution >= 4 is 46.0 Å². The first-order valence-corrected chi connectivity index (χ1v) is 9.35. The number of thiocarbonyl (C=S) groups is 1. The first-order valence-electron chi connectivity index (χ1n) is 8.12. The fourth-order valence-corrected chi connectivity index (χ4v) is 3.91. The van der Waals surface area contributed by atoms with E-state index in [1.54, 1.807) is 29.2 Å². The molecule has 1 amide bonds. The number of methoxy groups -OCH3 is 1. The van der Waals surface area contributed by atoms with E-state index in [4.69, 9.17) is 21.4 Å². The number of ether oxygens (including phenoxy) is 1. The van der Waals surface area contributed by atoms with E-state index < -0.39 is 4.92 Å². The summed E-state index contributed by atoms with van der Waals surface area (Å²) in [4.78, 5) is 24.9. The van der Waals surface area contributed by atoms with Gasteiger partial charge in [-0.1, -0.05) is 30.9 Å². The second-order valence-corrected chi connectivity index (χ2v) is 7.35. The highest BCUT2D eigenvalue weighted by Gasteiger charge is 2.31. The number of non-ortho nitro benzene ring substituents is 1. The quantitative estimate of drug-likeness (QED) is 0.304. The van der Waals surface area contributed by atoms with Gasteiger partial charge >= 0.3 is 0 Å². The zero-order valence-electron chi connectivity index (χ0n) is 14.6. The molecule has 0 unspecified atom stereocenters. The largest absolute Gasteiger partial charge is 0.496 e. The minimum atomic E-state index is -0.488. The summed E-state index contributed by atoms with van der Waals surface area (Å²) in [5, 5.41) is 10.9. The molecule has 1 aromatic heterocycles. The lowest BCUT2D eigenvalue weighted by Crippen LogP contribution is -2.28. The van der Waals surface area contributed by atoms with E-state index in [-0.39, 0.29) is 11.6 Å². The Labute approximate surface area is 165 Å². The number of hydrogen-bond donors (Lipinski definition) is 0. The highest BCUT2D eigenvalue weighted by Crippen LogP contribution is 2.36. The number of furan rings is 1. The lowest BCUT2D eigenvalue weighted by atomic mass is 10.1. The van der Waals surface area contributed by atoms with Crippen LogP contribution >= 0.6 is 24.0 Å². The molecule has 0 aliphatic carbocycles. The monoisotopic (exact) mass is 404 g/mol. The van der Waals surface area contributed by atoms with Crippen LogP contribution < -0.4 is 4.74 Å². The average Bonchev–Trinajstić information content (AvgIpc) is 3.21. The van der Waals surface area contributed by atoms with Crippen molar-refractivity contribution in [3.8, 4) is 17.1 Å². The van der Waals surface area contributed by atoms with E-state index in [1.807, 2.05) is 6.92 Å². The molecule has 0 saturated carbocycles. The average molecular weight is 404 g/mol. The number of nitrogens with zero attached hydrogens (tertiary/aromatic N) is 2. The highest BCUT2D eigenvalue weighted by molar-refractivity contribution is 8.26. The van der Waals surface area contributed by atoms with Gasteiger partial charge in [0.1, 0.15) is 21.6 Å². The van der Waals surface area contributed by atoms with Gasteiger partial charge in [0.25, 0.3) is 11.6 Å². The van der Waals surface area contributed by atoms with Crippen molar-refractivity contribution in [2.75, 3.05) is 13.7 Å². The van der Waals surface area contributed by atoms with Gasteiger partial charge in [-0.15, -0.1) is 0 Å². The van der Waals surface area contributed by atoms with E-state index in [9.17, 15) is 14.9 Å². The van der Waals surface area contributed by atoms with Crippen molar-refractivity contribution in [2.45, 2.75) is 13.3 Å². The first kappa shape index (κ1) is 19.1. The fraction of sp³-hybridized carbons (Fsp3) is 0.222. The summed E-state index contributed by atoms with van der Waals surface area (Å²) in [5.74, 6) is 1.18. The van der Waals surface area contributed by atoms with Gasteiger partial charge in [0.05, 0.1) is 28.6 Å². The summed E-state index contributed by atoms with van der Waals surface area (Å²) in [6.07, 6.45) is 2.47. The summed E-state index contributed by atoms with van der Waals surface area (Å²) in [6, 6.07) is 7.74. The lowest BCUT2D eigenvalue weighted by molar-refractivity contribution is -0.384. The SMILES string of the molecule is CCCN1C(=O)/C(=C/c2ccc(-c3ccc([N+](=O)[O-])cc3OC)o2)SC1=S. The molecule has 1 aliphatic heterocycles. The summed E-state index contributed by atoms with van der Waals surface area (Å²) >= 11 is 6.49. The van der Waals surface area contributed by atoms with Crippen LogP contribution in [0, 0.1) is 10.1 Å². The lowest BCUT2D eigenvalue weighted by Gasteiger charge is -2.11. The van der Waals surface area contributed by atoms with Gasteiger partial charge in [-0.05, 0) is 24.6 Å². The van der Waals surface area contributed by atoms with E-state index >= 15 is 0 Å². The zero-order valence-corrected chi connectivity index (χ0v) is 16.3. The third kappa shape index (κ3) is 3.88. The number of nitro groups is 1. The number of carbonyl (C=O) groups is 1. The number of carbonyl (C=O) groups excluding carboxylic acids is 1. The molecule has 0 spiro atoms. The van der Waals surface area contributed by atoms with E-state index in [1.165, 1.54) is 31.0 Å². The second kappa shape index (κ2) is 7.93. The Morgan fingerprint density at radius 3 is 2.81 bits per heavy atom. The molecule has 7 nitrogen and oxygen atoms in total. The van der Waals surface area contributed by atoms with Crippen molar-refractivity contribution in [1.82, 2.24) is 4.90 Å². The number of hydrogen-bond acceptors (Lipinski definition) is 7. The maximum absolute atomic E-state index is 12.4. The molecule has 1 fully saturated rings. The molecule has 1 aliphatic rings. The second-order valence-electron chi connectivity index (χ2n) is 5.68. The summed E-state index contributed by atoms with van der Waals surface area (Å²) in [6.45, 7) is 2.57. The van der Waals surface area contributed by atoms with Gasteiger partial charge in [0.2, 0.25) is 0 Å². The Kier molecular flexibility index (Phi) is 5.62. The van der Waals surface area contributed by atoms with E-state index in [0.717, 1.165) is 6.42 Å². The van der Waals surface area contributed by atoms with Crippen LogP contribution in [0.3, 0.4) is 0 Å². The smallest absolute Gasteiger partial charge is 0.273 e. The predicted molar refractivity (Wildman–Crippen MR) is 108 cm³/mol. The van der Waals surface area contributed by atoms with Gasteiger partial charge in [-0.2, -0.15) is 0 Å². The Morgan fingerprint density at radius 2 is 2.15 bits per heavy atom. The maximum atomic E-state index is 12.4. The highest BCUT2D eigenvalue weighted by atomic mass is 32.2. The fourth-order valence-electron chi connectivity index (χ4n) is 2.62. The molecule has 27 heavy (non-hydrogen) atoms. The zero-order chi connectivity index (χ0) is 19.6. The van der Waals surface area contributed by atoms with Crippen LogP contribution in [-0.4, -0.2) is 33.7 Å². The third-order valence-corrected chi connectivity index (χ3v) is 5.26. The molecule has 2 aromatic rings. The number of benzene rings is 1. The van der Waals surface area contributed by atoms with Gasteiger partial charge < -0.3 is 9.15 Å². The Balaban J connectivity index is 1.89.